The van der Waals surface area contributed by atoms with Crippen molar-refractivity contribution in [3.05, 3.63) is 48.0 Å². The molecule has 126 valence electrons. The molecule has 0 radical (unpaired) electrons. The van der Waals surface area contributed by atoms with E-state index in [0.717, 1.165) is 12.0 Å². The Labute approximate surface area is 141 Å². The number of carbonyl (C=O) groups excluding carboxylic acids is 2. The molecule has 0 unspecified atom stereocenters. The normalized spacial score (nSPS) is 9.96. The van der Waals surface area contributed by atoms with E-state index < -0.39 is 0 Å². The van der Waals surface area contributed by atoms with Crippen LogP contribution in [0.25, 0.3) is 0 Å². The second-order valence-electron chi connectivity index (χ2n) is 5.31. The molecule has 6 heteroatoms. The Morgan fingerprint density at radius 2 is 1.83 bits per heavy atom. The molecule has 0 atom stereocenters. The molecule has 0 aliphatic rings. The third kappa shape index (κ3) is 4.49. The Balaban J connectivity index is 1.94. The molecular formula is C18H20N2O4. The van der Waals surface area contributed by atoms with Gasteiger partial charge in [-0.3, -0.25) is 9.59 Å². The summed E-state index contributed by atoms with van der Waals surface area (Å²) in [6.07, 6.45) is 0.719. The van der Waals surface area contributed by atoms with Crippen LogP contribution in [0.3, 0.4) is 0 Å². The van der Waals surface area contributed by atoms with Crippen molar-refractivity contribution < 1.29 is 19.1 Å². The van der Waals surface area contributed by atoms with Gasteiger partial charge in [0, 0.05) is 31.0 Å². The van der Waals surface area contributed by atoms with Gasteiger partial charge in [-0.15, -0.1) is 0 Å². The molecule has 2 aromatic carbocycles. The summed E-state index contributed by atoms with van der Waals surface area (Å²) in [6.45, 7) is -0.160. The maximum atomic E-state index is 12.0. The zero-order chi connectivity index (χ0) is 17.5. The molecule has 0 fully saturated rings. The monoisotopic (exact) mass is 328 g/mol. The highest BCUT2D eigenvalue weighted by Crippen LogP contribution is 2.27. The highest BCUT2D eigenvalue weighted by atomic mass is 16.5. The molecule has 0 aromatic heterocycles. The fourth-order valence-corrected chi connectivity index (χ4v) is 2.06. The number of methoxy groups -OCH3 is 1. The van der Waals surface area contributed by atoms with Crippen molar-refractivity contribution in [3.8, 4) is 11.5 Å². The van der Waals surface area contributed by atoms with Crippen LogP contribution in [0.4, 0.5) is 11.4 Å². The first kappa shape index (κ1) is 17.3. The zero-order valence-electron chi connectivity index (χ0n) is 13.9. The van der Waals surface area contributed by atoms with E-state index in [2.05, 4.69) is 5.32 Å². The molecule has 2 rings (SSSR count). The number of nitrogens with zero attached hydrogens (tertiary/aromatic N) is 1. The van der Waals surface area contributed by atoms with Crippen molar-refractivity contribution in [2.45, 2.75) is 0 Å². The van der Waals surface area contributed by atoms with Crippen LogP contribution in [0.5, 0.6) is 11.5 Å². The highest BCUT2D eigenvalue weighted by Gasteiger charge is 2.09. The standard InChI is InChI=1S/C18H20N2O4/c1-20(2)15-7-5-14(6-8-15)19-18(22)12-24-16-9-4-13(11-21)10-17(16)23-3/h4-11H,12H2,1-3H3,(H,19,22). The summed E-state index contributed by atoms with van der Waals surface area (Å²) in [4.78, 5) is 24.7. The van der Waals surface area contributed by atoms with Gasteiger partial charge in [0.15, 0.2) is 18.1 Å². The number of benzene rings is 2. The van der Waals surface area contributed by atoms with Crippen molar-refractivity contribution in [2.75, 3.05) is 38.0 Å². The third-order valence-corrected chi connectivity index (χ3v) is 3.35. The van der Waals surface area contributed by atoms with Gasteiger partial charge in [-0.2, -0.15) is 0 Å². The van der Waals surface area contributed by atoms with Gasteiger partial charge in [-0.1, -0.05) is 0 Å². The topological polar surface area (TPSA) is 67.9 Å². The molecule has 0 aliphatic carbocycles. The molecule has 0 saturated carbocycles. The van der Waals surface area contributed by atoms with E-state index in [0.29, 0.717) is 22.7 Å². The van der Waals surface area contributed by atoms with Gasteiger partial charge in [-0.05, 0) is 42.5 Å². The molecule has 0 heterocycles. The summed E-state index contributed by atoms with van der Waals surface area (Å²) in [5.41, 5.74) is 2.21. The minimum Gasteiger partial charge on any atom is -0.493 e. The quantitative estimate of drug-likeness (QED) is 0.791. The van der Waals surface area contributed by atoms with E-state index in [4.69, 9.17) is 9.47 Å². The predicted molar refractivity (Wildman–Crippen MR) is 93.3 cm³/mol. The minimum atomic E-state index is -0.283. The third-order valence-electron chi connectivity index (χ3n) is 3.35. The molecule has 2 aromatic rings. The molecule has 1 amide bonds. The Kier molecular flexibility index (Phi) is 5.78. The van der Waals surface area contributed by atoms with Gasteiger partial charge >= 0.3 is 0 Å². The summed E-state index contributed by atoms with van der Waals surface area (Å²) < 4.78 is 10.6. The van der Waals surface area contributed by atoms with E-state index in [1.807, 2.05) is 43.3 Å². The van der Waals surface area contributed by atoms with Gasteiger partial charge in [0.1, 0.15) is 6.29 Å². The van der Waals surface area contributed by atoms with Crippen LogP contribution in [-0.4, -0.2) is 40.0 Å². The summed E-state index contributed by atoms with van der Waals surface area (Å²) in [5, 5.41) is 2.76. The van der Waals surface area contributed by atoms with Gasteiger partial charge in [0.05, 0.1) is 7.11 Å². The molecule has 0 aliphatic heterocycles. The number of amides is 1. The van der Waals surface area contributed by atoms with Gasteiger partial charge in [0.25, 0.3) is 5.91 Å². The van der Waals surface area contributed by atoms with E-state index in [9.17, 15) is 9.59 Å². The van der Waals surface area contributed by atoms with E-state index >= 15 is 0 Å². The summed E-state index contributed by atoms with van der Waals surface area (Å²) >= 11 is 0. The van der Waals surface area contributed by atoms with Gasteiger partial charge < -0.3 is 19.7 Å². The van der Waals surface area contributed by atoms with E-state index in [-0.39, 0.29) is 12.5 Å². The fraction of sp³-hybridized carbons (Fsp3) is 0.222. The molecule has 6 nitrogen and oxygen atoms in total. The van der Waals surface area contributed by atoms with Crippen LogP contribution in [0, 0.1) is 0 Å². The number of anilines is 2. The molecule has 1 N–H and O–H groups in total. The second-order valence-corrected chi connectivity index (χ2v) is 5.31. The Hall–Kier alpha value is -3.02. The van der Waals surface area contributed by atoms with Crippen LogP contribution in [0.1, 0.15) is 10.4 Å². The lowest BCUT2D eigenvalue weighted by Gasteiger charge is -2.13. The maximum absolute atomic E-state index is 12.0. The smallest absolute Gasteiger partial charge is 0.262 e. The number of aldehydes is 1. The molecule has 24 heavy (non-hydrogen) atoms. The van der Waals surface area contributed by atoms with E-state index in [1.165, 1.54) is 7.11 Å². The second kappa shape index (κ2) is 8.01. The SMILES string of the molecule is COc1cc(C=O)ccc1OCC(=O)Nc1ccc(N(C)C)cc1. The number of hydrogen-bond acceptors (Lipinski definition) is 5. The van der Waals surface area contributed by atoms with Gasteiger partial charge in [-0.25, -0.2) is 0 Å². The fourth-order valence-electron chi connectivity index (χ4n) is 2.06. The van der Waals surface area contributed by atoms with Crippen LogP contribution >= 0.6 is 0 Å². The minimum absolute atomic E-state index is 0.160. The molecule has 0 bridgehead atoms. The first-order valence-corrected chi connectivity index (χ1v) is 7.36. The lowest BCUT2D eigenvalue weighted by molar-refractivity contribution is -0.118. The number of rotatable bonds is 7. The molecule has 0 saturated heterocycles. The van der Waals surface area contributed by atoms with Crippen molar-refractivity contribution in [1.82, 2.24) is 0 Å². The number of ether oxygens (including phenoxy) is 2. The highest BCUT2D eigenvalue weighted by molar-refractivity contribution is 5.92. The predicted octanol–water partition coefficient (Wildman–Crippen LogP) is 2.59. The van der Waals surface area contributed by atoms with Crippen molar-refractivity contribution in [3.63, 3.8) is 0 Å². The average molecular weight is 328 g/mol. The first-order valence-electron chi connectivity index (χ1n) is 7.36. The maximum Gasteiger partial charge on any atom is 0.262 e. The number of hydrogen-bond donors (Lipinski definition) is 1. The zero-order valence-corrected chi connectivity index (χ0v) is 13.9. The number of carbonyl (C=O) groups is 2. The van der Waals surface area contributed by atoms with Crippen LogP contribution in [-0.2, 0) is 4.79 Å². The Morgan fingerprint density at radius 3 is 2.42 bits per heavy atom. The summed E-state index contributed by atoms with van der Waals surface area (Å²) in [7, 11) is 5.37. The van der Waals surface area contributed by atoms with Crippen LogP contribution < -0.4 is 19.7 Å². The largest absolute Gasteiger partial charge is 0.493 e. The first-order chi connectivity index (χ1) is 11.5. The number of nitrogens with one attached hydrogen (secondary N) is 1. The molecule has 0 spiro atoms. The Morgan fingerprint density at radius 1 is 1.12 bits per heavy atom. The average Bonchev–Trinajstić information content (AvgIpc) is 2.60. The van der Waals surface area contributed by atoms with E-state index in [1.54, 1.807) is 18.2 Å². The Bertz CT molecular complexity index is 711. The van der Waals surface area contributed by atoms with Crippen molar-refractivity contribution in [2.24, 2.45) is 0 Å². The van der Waals surface area contributed by atoms with Crippen LogP contribution in [0.15, 0.2) is 42.5 Å². The lowest BCUT2D eigenvalue weighted by atomic mass is 10.2. The lowest BCUT2D eigenvalue weighted by Crippen LogP contribution is -2.20. The van der Waals surface area contributed by atoms with Crippen LogP contribution in [0.2, 0.25) is 0 Å². The summed E-state index contributed by atoms with van der Waals surface area (Å²) in [5.74, 6) is 0.526. The van der Waals surface area contributed by atoms with Crippen molar-refractivity contribution in [1.29, 1.82) is 0 Å². The van der Waals surface area contributed by atoms with Crippen molar-refractivity contribution >= 4 is 23.6 Å². The molecular weight excluding hydrogens is 308 g/mol. The van der Waals surface area contributed by atoms with Gasteiger partial charge in [0.2, 0.25) is 0 Å². The summed E-state index contributed by atoms with van der Waals surface area (Å²) in [6, 6.07) is 12.2.